The van der Waals surface area contributed by atoms with Gasteiger partial charge in [-0.2, -0.15) is 0 Å². The lowest BCUT2D eigenvalue weighted by Crippen LogP contribution is -2.40. The van der Waals surface area contributed by atoms with Crippen molar-refractivity contribution in [2.45, 2.75) is 39.8 Å². The van der Waals surface area contributed by atoms with E-state index in [1.54, 1.807) is 20.1 Å². The van der Waals surface area contributed by atoms with Crippen LogP contribution in [0.15, 0.2) is 54.6 Å². The van der Waals surface area contributed by atoms with E-state index < -0.39 is 6.04 Å². The van der Waals surface area contributed by atoms with E-state index in [2.05, 4.69) is 36.3 Å². The number of ether oxygens (including phenoxy) is 1. The molecule has 1 atom stereocenters. The quantitative estimate of drug-likeness (QED) is 0.612. The lowest BCUT2D eigenvalue weighted by Gasteiger charge is -2.27. The Labute approximate surface area is 178 Å². The Hall–Kier alpha value is -3.28. The van der Waals surface area contributed by atoms with E-state index >= 15 is 0 Å². The molecule has 0 aliphatic carbocycles. The maximum atomic E-state index is 12.4. The molecule has 0 aliphatic heterocycles. The molecule has 0 fully saturated rings. The van der Waals surface area contributed by atoms with E-state index in [1.807, 2.05) is 48.5 Å². The second-order valence-corrected chi connectivity index (χ2v) is 7.25. The number of carbonyl (C=O) groups excluding carboxylic acids is 2. The minimum Gasteiger partial charge on any atom is -0.497 e. The third-order valence-electron chi connectivity index (χ3n) is 4.73. The van der Waals surface area contributed by atoms with Gasteiger partial charge in [-0.05, 0) is 75.7 Å². The molecule has 160 valence electrons. The van der Waals surface area contributed by atoms with Crippen molar-refractivity contribution in [3.05, 3.63) is 60.2 Å². The van der Waals surface area contributed by atoms with Crippen LogP contribution in [-0.4, -0.2) is 37.6 Å². The Bertz CT molecular complexity index is 858. The number of benzene rings is 2. The smallest absolute Gasteiger partial charge is 0.246 e. The first kappa shape index (κ1) is 23.0. The van der Waals surface area contributed by atoms with Crippen LogP contribution in [0.25, 0.3) is 6.08 Å². The normalized spacial score (nSPS) is 11.9. The lowest BCUT2D eigenvalue weighted by molar-refractivity contribution is -0.123. The molecule has 2 amide bonds. The SMILES string of the molecule is CCN(c1ccc(NC(=O)C(C)NC(=O)C=Cc2ccc(OC)cc2)cc1)C(C)C. The van der Waals surface area contributed by atoms with Gasteiger partial charge in [0.1, 0.15) is 11.8 Å². The second-order valence-electron chi connectivity index (χ2n) is 7.25. The molecular weight excluding hydrogens is 378 g/mol. The van der Waals surface area contributed by atoms with Crippen LogP contribution in [0, 0.1) is 0 Å². The predicted molar refractivity (Wildman–Crippen MR) is 123 cm³/mol. The molecule has 30 heavy (non-hydrogen) atoms. The molecule has 2 rings (SSSR count). The van der Waals surface area contributed by atoms with Gasteiger partial charge in [0.15, 0.2) is 0 Å². The van der Waals surface area contributed by atoms with E-state index in [1.165, 1.54) is 6.08 Å². The third-order valence-corrected chi connectivity index (χ3v) is 4.73. The fourth-order valence-corrected chi connectivity index (χ4v) is 3.05. The molecule has 0 spiro atoms. The molecule has 0 saturated carbocycles. The summed E-state index contributed by atoms with van der Waals surface area (Å²) in [5.74, 6) is 0.144. The Balaban J connectivity index is 1.89. The highest BCUT2D eigenvalue weighted by Crippen LogP contribution is 2.20. The van der Waals surface area contributed by atoms with Crippen LogP contribution in [0.2, 0.25) is 0 Å². The summed E-state index contributed by atoms with van der Waals surface area (Å²) >= 11 is 0. The summed E-state index contributed by atoms with van der Waals surface area (Å²) in [5, 5.41) is 5.51. The van der Waals surface area contributed by atoms with Gasteiger partial charge in [-0.25, -0.2) is 0 Å². The first-order valence-corrected chi connectivity index (χ1v) is 10.1. The highest BCUT2D eigenvalue weighted by molar-refractivity contribution is 5.99. The summed E-state index contributed by atoms with van der Waals surface area (Å²) in [4.78, 5) is 26.8. The van der Waals surface area contributed by atoms with E-state index in [0.717, 1.165) is 23.5 Å². The summed E-state index contributed by atoms with van der Waals surface area (Å²) in [6.45, 7) is 8.97. The standard InChI is InChI=1S/C24H31N3O3/c1-6-27(17(2)3)21-12-10-20(11-13-21)26-24(29)18(4)25-23(28)16-9-19-7-14-22(30-5)15-8-19/h7-18H,6H2,1-5H3,(H,25,28)(H,26,29). The summed E-state index contributed by atoms with van der Waals surface area (Å²) < 4.78 is 5.11. The summed E-state index contributed by atoms with van der Waals surface area (Å²) in [6.07, 6.45) is 3.10. The first-order valence-electron chi connectivity index (χ1n) is 10.1. The van der Waals surface area contributed by atoms with Gasteiger partial charge >= 0.3 is 0 Å². The topological polar surface area (TPSA) is 70.7 Å². The van der Waals surface area contributed by atoms with Crippen molar-refractivity contribution < 1.29 is 14.3 Å². The van der Waals surface area contributed by atoms with Crippen LogP contribution >= 0.6 is 0 Å². The van der Waals surface area contributed by atoms with Gasteiger partial charge in [0.05, 0.1) is 7.11 Å². The van der Waals surface area contributed by atoms with Crippen molar-refractivity contribution in [2.75, 3.05) is 23.9 Å². The molecule has 0 aliphatic rings. The van der Waals surface area contributed by atoms with Gasteiger partial charge in [0.2, 0.25) is 11.8 Å². The molecule has 0 bridgehead atoms. The number of rotatable bonds is 9. The number of nitrogens with one attached hydrogen (secondary N) is 2. The summed E-state index contributed by atoms with van der Waals surface area (Å²) in [7, 11) is 1.60. The monoisotopic (exact) mass is 409 g/mol. The number of amides is 2. The van der Waals surface area contributed by atoms with E-state index in [9.17, 15) is 9.59 Å². The maximum Gasteiger partial charge on any atom is 0.246 e. The molecule has 0 radical (unpaired) electrons. The van der Waals surface area contributed by atoms with Crippen molar-refractivity contribution in [1.82, 2.24) is 5.32 Å². The molecule has 0 saturated heterocycles. The predicted octanol–water partition coefficient (Wildman–Crippen LogP) is 4.09. The fourth-order valence-electron chi connectivity index (χ4n) is 3.05. The van der Waals surface area contributed by atoms with Crippen LogP contribution in [0.5, 0.6) is 5.75 Å². The summed E-state index contributed by atoms with van der Waals surface area (Å²) in [6, 6.07) is 14.8. The average molecular weight is 410 g/mol. The lowest BCUT2D eigenvalue weighted by atomic mass is 10.2. The summed E-state index contributed by atoms with van der Waals surface area (Å²) in [5.41, 5.74) is 2.67. The van der Waals surface area contributed by atoms with Crippen molar-refractivity contribution in [1.29, 1.82) is 0 Å². The average Bonchev–Trinajstić information content (AvgIpc) is 2.74. The van der Waals surface area contributed by atoms with Crippen LogP contribution < -0.4 is 20.3 Å². The second kappa shape index (κ2) is 11.0. The van der Waals surface area contributed by atoms with Crippen LogP contribution in [-0.2, 0) is 9.59 Å². The molecule has 6 heteroatoms. The number of hydrogen-bond donors (Lipinski definition) is 2. The molecule has 2 aromatic rings. The van der Waals surface area contributed by atoms with Gasteiger partial charge in [-0.15, -0.1) is 0 Å². The molecular formula is C24H31N3O3. The Morgan fingerprint density at radius 3 is 2.20 bits per heavy atom. The molecule has 1 unspecified atom stereocenters. The largest absolute Gasteiger partial charge is 0.497 e. The Morgan fingerprint density at radius 2 is 1.67 bits per heavy atom. The number of nitrogens with zero attached hydrogens (tertiary/aromatic N) is 1. The van der Waals surface area contributed by atoms with Gasteiger partial charge in [0, 0.05) is 30.0 Å². The first-order chi connectivity index (χ1) is 14.3. The number of carbonyl (C=O) groups is 2. The van der Waals surface area contributed by atoms with Crippen LogP contribution in [0.3, 0.4) is 0 Å². The van der Waals surface area contributed by atoms with Crippen molar-refractivity contribution in [3.8, 4) is 5.75 Å². The van der Waals surface area contributed by atoms with Crippen molar-refractivity contribution >= 4 is 29.3 Å². The van der Waals surface area contributed by atoms with Crippen LogP contribution in [0.4, 0.5) is 11.4 Å². The molecule has 0 aromatic heterocycles. The molecule has 6 nitrogen and oxygen atoms in total. The maximum absolute atomic E-state index is 12.4. The number of methoxy groups -OCH3 is 1. The number of anilines is 2. The van der Waals surface area contributed by atoms with Crippen LogP contribution in [0.1, 0.15) is 33.3 Å². The zero-order chi connectivity index (χ0) is 22.1. The fraction of sp³-hybridized carbons (Fsp3) is 0.333. The van der Waals surface area contributed by atoms with Gasteiger partial charge in [-0.3, -0.25) is 9.59 Å². The minimum atomic E-state index is -0.666. The molecule has 0 heterocycles. The zero-order valence-corrected chi connectivity index (χ0v) is 18.3. The van der Waals surface area contributed by atoms with Crippen molar-refractivity contribution in [3.63, 3.8) is 0 Å². The van der Waals surface area contributed by atoms with Gasteiger partial charge < -0.3 is 20.3 Å². The molecule has 2 N–H and O–H groups in total. The van der Waals surface area contributed by atoms with E-state index in [4.69, 9.17) is 4.74 Å². The third kappa shape index (κ3) is 6.65. The molecule has 2 aromatic carbocycles. The van der Waals surface area contributed by atoms with Crippen molar-refractivity contribution in [2.24, 2.45) is 0 Å². The Morgan fingerprint density at radius 1 is 1.03 bits per heavy atom. The number of hydrogen-bond acceptors (Lipinski definition) is 4. The minimum absolute atomic E-state index is 0.273. The highest BCUT2D eigenvalue weighted by Gasteiger charge is 2.15. The van der Waals surface area contributed by atoms with E-state index in [-0.39, 0.29) is 11.8 Å². The Kier molecular flexibility index (Phi) is 8.47. The van der Waals surface area contributed by atoms with Gasteiger partial charge in [-0.1, -0.05) is 12.1 Å². The van der Waals surface area contributed by atoms with Gasteiger partial charge in [0.25, 0.3) is 0 Å². The zero-order valence-electron chi connectivity index (χ0n) is 18.3. The van der Waals surface area contributed by atoms with E-state index in [0.29, 0.717) is 11.7 Å². The highest BCUT2D eigenvalue weighted by atomic mass is 16.5.